The van der Waals surface area contributed by atoms with Crippen molar-refractivity contribution < 1.29 is 9.31 Å². The molecule has 1 aliphatic rings. The van der Waals surface area contributed by atoms with Gasteiger partial charge in [-0.3, -0.25) is 10.1 Å². The molecule has 4 aromatic rings. The van der Waals surface area contributed by atoms with E-state index in [1.807, 2.05) is 0 Å². The van der Waals surface area contributed by atoms with Gasteiger partial charge >= 0.3 is 0 Å². The fourth-order valence-electron chi connectivity index (χ4n) is 3.74. The van der Waals surface area contributed by atoms with Crippen molar-refractivity contribution in [2.24, 2.45) is 0 Å². The summed E-state index contributed by atoms with van der Waals surface area (Å²) in [5.74, 6) is 0.559. The number of benzene rings is 2. The maximum absolute atomic E-state index is 13.3. The fourth-order valence-corrected chi connectivity index (χ4v) is 4.61. The molecular weight excluding hydrogens is 419 g/mol. The van der Waals surface area contributed by atoms with E-state index in [-0.39, 0.29) is 11.5 Å². The summed E-state index contributed by atoms with van der Waals surface area (Å²) in [7, 11) is 0. The number of aromatic nitrogens is 3. The molecule has 1 aliphatic heterocycles. The van der Waals surface area contributed by atoms with Gasteiger partial charge in [-0.1, -0.05) is 0 Å². The molecule has 0 spiro atoms. The number of anilines is 2. The Morgan fingerprint density at radius 3 is 2.29 bits per heavy atom. The quantitative estimate of drug-likeness (QED) is 0.351. The maximum Gasteiger partial charge on any atom is 0.269 e. The Labute approximate surface area is 180 Å². The van der Waals surface area contributed by atoms with Crippen LogP contribution in [0.3, 0.4) is 0 Å². The van der Waals surface area contributed by atoms with Gasteiger partial charge in [0.15, 0.2) is 5.82 Å². The van der Waals surface area contributed by atoms with Gasteiger partial charge in [0.2, 0.25) is 0 Å². The highest BCUT2D eigenvalue weighted by molar-refractivity contribution is 7.14. The second kappa shape index (κ2) is 7.88. The summed E-state index contributed by atoms with van der Waals surface area (Å²) in [6, 6.07) is 12.9. The lowest BCUT2D eigenvalue weighted by Crippen LogP contribution is -2.46. The van der Waals surface area contributed by atoms with Crippen molar-refractivity contribution in [1.29, 1.82) is 0 Å². The van der Waals surface area contributed by atoms with Gasteiger partial charge in [0.05, 0.1) is 4.92 Å². The Morgan fingerprint density at radius 1 is 0.935 bits per heavy atom. The molecule has 10 heteroatoms. The number of nitro benzene ring substituents is 1. The minimum atomic E-state index is -0.392. The van der Waals surface area contributed by atoms with Gasteiger partial charge in [0.1, 0.15) is 28.1 Å². The number of halogens is 1. The third kappa shape index (κ3) is 3.66. The monoisotopic (exact) mass is 436 g/mol. The van der Waals surface area contributed by atoms with Crippen LogP contribution >= 0.6 is 11.5 Å². The van der Waals surface area contributed by atoms with E-state index in [1.54, 1.807) is 30.6 Å². The van der Waals surface area contributed by atoms with E-state index in [9.17, 15) is 14.5 Å². The van der Waals surface area contributed by atoms with Gasteiger partial charge in [-0.05, 0) is 47.9 Å². The van der Waals surface area contributed by atoms with E-state index in [4.69, 9.17) is 0 Å². The number of rotatable bonds is 4. The molecule has 0 aliphatic carbocycles. The van der Waals surface area contributed by atoms with Crippen LogP contribution in [-0.4, -0.2) is 45.4 Å². The van der Waals surface area contributed by atoms with Crippen LogP contribution < -0.4 is 9.80 Å². The fraction of sp³-hybridized carbons (Fsp3) is 0.190. The molecular formula is C21H17FN6O2S. The van der Waals surface area contributed by atoms with Crippen LogP contribution in [0.1, 0.15) is 0 Å². The molecule has 1 fully saturated rings. The van der Waals surface area contributed by atoms with Crippen LogP contribution in [0, 0.1) is 15.9 Å². The average molecular weight is 436 g/mol. The molecule has 8 nitrogen and oxygen atoms in total. The highest BCUT2D eigenvalue weighted by Crippen LogP contribution is 2.34. The van der Waals surface area contributed by atoms with Crippen LogP contribution in [0.2, 0.25) is 0 Å². The van der Waals surface area contributed by atoms with Crippen LogP contribution in [0.5, 0.6) is 0 Å². The number of fused-ring (bicyclic) bond motifs is 1. The summed E-state index contributed by atoms with van der Waals surface area (Å²) >= 11 is 1.35. The van der Waals surface area contributed by atoms with E-state index in [1.165, 1.54) is 35.8 Å². The highest BCUT2D eigenvalue weighted by Gasteiger charge is 2.23. The molecule has 0 amide bonds. The topological polar surface area (TPSA) is 88.3 Å². The summed E-state index contributed by atoms with van der Waals surface area (Å²) in [4.78, 5) is 23.8. The normalized spacial score (nSPS) is 14.2. The second-order valence-corrected chi connectivity index (χ2v) is 7.93. The Bertz CT molecular complexity index is 1240. The van der Waals surface area contributed by atoms with Crippen molar-refractivity contribution in [3.8, 4) is 11.3 Å². The summed E-state index contributed by atoms with van der Waals surface area (Å²) in [6.45, 7) is 3.06. The van der Waals surface area contributed by atoms with Crippen LogP contribution in [-0.2, 0) is 0 Å². The van der Waals surface area contributed by atoms with Gasteiger partial charge in [0, 0.05) is 49.6 Å². The number of non-ortho nitro benzene ring substituents is 1. The minimum Gasteiger partial charge on any atom is -0.368 e. The molecule has 0 N–H and O–H groups in total. The summed E-state index contributed by atoms with van der Waals surface area (Å²) < 4.78 is 18.7. The van der Waals surface area contributed by atoms with Crippen LogP contribution in [0.25, 0.3) is 21.5 Å². The molecule has 0 atom stereocenters. The van der Waals surface area contributed by atoms with Crippen molar-refractivity contribution in [1.82, 2.24) is 14.3 Å². The molecule has 2 aromatic carbocycles. The molecule has 2 aromatic heterocycles. The molecule has 0 saturated carbocycles. The molecule has 156 valence electrons. The standard InChI is InChI=1S/C21H17FN6O2S/c22-15-3-1-14(2-4-15)18-19-20(31-25-18)21(24-13-23-19)27-11-9-26(10-12-27)16-5-7-17(8-6-16)28(29)30/h1-8,13H,9-12H2. The SMILES string of the molecule is O=[N+]([O-])c1ccc(N2CCN(c3ncnc4c(-c5ccc(F)cc5)nsc34)CC2)cc1. The minimum absolute atomic E-state index is 0.0907. The Kier molecular flexibility index (Phi) is 4.91. The van der Waals surface area contributed by atoms with Gasteiger partial charge in [0.25, 0.3) is 5.69 Å². The van der Waals surface area contributed by atoms with Gasteiger partial charge in [-0.25, -0.2) is 14.4 Å². The first kappa shape index (κ1) is 19.3. The molecule has 0 unspecified atom stereocenters. The molecule has 0 radical (unpaired) electrons. The smallest absolute Gasteiger partial charge is 0.269 e. The first-order valence-electron chi connectivity index (χ1n) is 9.71. The predicted octanol–water partition coefficient (Wildman–Crippen LogP) is 4.13. The second-order valence-electron chi connectivity index (χ2n) is 7.16. The Morgan fingerprint density at radius 2 is 1.61 bits per heavy atom. The van der Waals surface area contributed by atoms with E-state index in [0.29, 0.717) is 0 Å². The third-order valence-electron chi connectivity index (χ3n) is 5.36. The average Bonchev–Trinajstić information content (AvgIpc) is 3.24. The van der Waals surface area contributed by atoms with Crippen molar-refractivity contribution in [3.05, 3.63) is 70.8 Å². The van der Waals surface area contributed by atoms with E-state index >= 15 is 0 Å². The van der Waals surface area contributed by atoms with Crippen LogP contribution in [0.15, 0.2) is 54.9 Å². The summed E-state index contributed by atoms with van der Waals surface area (Å²) in [5.41, 5.74) is 3.37. The van der Waals surface area contributed by atoms with Crippen molar-refractivity contribution in [2.45, 2.75) is 0 Å². The van der Waals surface area contributed by atoms with Crippen molar-refractivity contribution in [2.75, 3.05) is 36.0 Å². The molecule has 5 rings (SSSR count). The van der Waals surface area contributed by atoms with Crippen LogP contribution in [0.4, 0.5) is 21.6 Å². The first-order chi connectivity index (χ1) is 15.1. The summed E-state index contributed by atoms with van der Waals surface area (Å²) in [5, 5.41) is 10.9. The largest absolute Gasteiger partial charge is 0.368 e. The maximum atomic E-state index is 13.3. The Hall–Kier alpha value is -3.66. The first-order valence-corrected chi connectivity index (χ1v) is 10.5. The van der Waals surface area contributed by atoms with Crippen molar-refractivity contribution in [3.63, 3.8) is 0 Å². The van der Waals surface area contributed by atoms with Crippen molar-refractivity contribution >= 4 is 38.9 Å². The van der Waals surface area contributed by atoms with Gasteiger partial charge in [-0.2, -0.15) is 4.37 Å². The Balaban J connectivity index is 1.36. The number of nitrogens with zero attached hydrogens (tertiary/aromatic N) is 6. The zero-order chi connectivity index (χ0) is 21.4. The predicted molar refractivity (Wildman–Crippen MR) is 118 cm³/mol. The van der Waals surface area contributed by atoms with Gasteiger partial charge < -0.3 is 9.80 Å². The lowest BCUT2D eigenvalue weighted by Gasteiger charge is -2.36. The number of hydrogen-bond acceptors (Lipinski definition) is 8. The zero-order valence-corrected chi connectivity index (χ0v) is 17.1. The molecule has 3 heterocycles. The van der Waals surface area contributed by atoms with E-state index in [2.05, 4.69) is 24.1 Å². The number of piperazine rings is 1. The molecule has 0 bridgehead atoms. The summed E-state index contributed by atoms with van der Waals surface area (Å²) in [6.07, 6.45) is 1.54. The number of nitro groups is 1. The van der Waals surface area contributed by atoms with E-state index < -0.39 is 4.92 Å². The number of hydrogen-bond donors (Lipinski definition) is 0. The molecule has 1 saturated heterocycles. The third-order valence-corrected chi connectivity index (χ3v) is 6.19. The van der Waals surface area contributed by atoms with Gasteiger partial charge in [-0.15, -0.1) is 0 Å². The van der Waals surface area contributed by atoms with E-state index in [0.717, 1.165) is 59.2 Å². The lowest BCUT2D eigenvalue weighted by atomic mass is 10.1. The molecule has 31 heavy (non-hydrogen) atoms. The zero-order valence-electron chi connectivity index (χ0n) is 16.3. The highest BCUT2D eigenvalue weighted by atomic mass is 32.1. The lowest BCUT2D eigenvalue weighted by molar-refractivity contribution is -0.384.